The molecule has 26 heavy (non-hydrogen) atoms. The Labute approximate surface area is 151 Å². The number of aromatic nitrogens is 1. The number of hydrogen-bond acceptors (Lipinski definition) is 6. The molecule has 0 spiro atoms. The highest BCUT2D eigenvalue weighted by atomic mass is 32.1. The van der Waals surface area contributed by atoms with Gasteiger partial charge in [0.15, 0.2) is 0 Å². The molecule has 11 heteroatoms. The van der Waals surface area contributed by atoms with Crippen molar-refractivity contribution in [2.24, 2.45) is 0 Å². The minimum atomic E-state index is -5.08. The third-order valence-corrected chi connectivity index (χ3v) is 4.60. The lowest BCUT2D eigenvalue weighted by molar-refractivity contribution is -0.192. The number of ether oxygens (including phenoxy) is 2. The van der Waals surface area contributed by atoms with E-state index in [4.69, 9.17) is 19.4 Å². The van der Waals surface area contributed by atoms with Crippen LogP contribution in [0, 0.1) is 0 Å². The molecule has 2 aliphatic heterocycles. The molecule has 1 N–H and O–H groups in total. The summed E-state index contributed by atoms with van der Waals surface area (Å²) in [6.45, 7) is 4.00. The number of likely N-dealkylation sites (tertiary alicyclic amines) is 1. The number of thiazole rings is 1. The Balaban J connectivity index is 0.000000298. The van der Waals surface area contributed by atoms with E-state index in [2.05, 4.69) is 4.98 Å². The number of aliphatic carboxylic acids is 1. The first-order valence-electron chi connectivity index (χ1n) is 7.98. The number of carbonyl (C=O) groups excluding carboxylic acids is 1. The summed E-state index contributed by atoms with van der Waals surface area (Å²) in [7, 11) is 0. The van der Waals surface area contributed by atoms with Gasteiger partial charge in [0.25, 0.3) is 5.91 Å². The van der Waals surface area contributed by atoms with Crippen LogP contribution in [-0.4, -0.2) is 71.1 Å². The molecule has 3 heterocycles. The van der Waals surface area contributed by atoms with Gasteiger partial charge in [-0.25, -0.2) is 9.78 Å². The van der Waals surface area contributed by atoms with Gasteiger partial charge in [-0.1, -0.05) is 0 Å². The molecule has 1 amide bonds. The predicted molar refractivity (Wildman–Crippen MR) is 85.0 cm³/mol. The van der Waals surface area contributed by atoms with Crippen molar-refractivity contribution in [2.45, 2.75) is 44.2 Å². The number of alkyl halides is 3. The molecule has 0 saturated carbocycles. The number of halogens is 3. The van der Waals surface area contributed by atoms with E-state index in [0.29, 0.717) is 18.8 Å². The number of amides is 1. The van der Waals surface area contributed by atoms with Gasteiger partial charge >= 0.3 is 12.1 Å². The monoisotopic (exact) mass is 396 g/mol. The second-order valence-electron chi connectivity index (χ2n) is 5.67. The Bertz CT molecular complexity index is 611. The van der Waals surface area contributed by atoms with Crippen LogP contribution in [0.3, 0.4) is 0 Å². The molecule has 0 aliphatic carbocycles. The van der Waals surface area contributed by atoms with Crippen molar-refractivity contribution in [3.05, 3.63) is 16.6 Å². The number of fused-ring (bicyclic) bond motifs is 1. The molecule has 0 bridgehead atoms. The van der Waals surface area contributed by atoms with Crippen molar-refractivity contribution in [3.63, 3.8) is 0 Å². The van der Waals surface area contributed by atoms with Crippen molar-refractivity contribution in [2.75, 3.05) is 19.8 Å². The van der Waals surface area contributed by atoms with Gasteiger partial charge in [0.2, 0.25) is 0 Å². The summed E-state index contributed by atoms with van der Waals surface area (Å²) in [5.41, 5.74) is 2.23. The van der Waals surface area contributed by atoms with Crippen molar-refractivity contribution in [1.82, 2.24) is 9.88 Å². The Kier molecular flexibility index (Phi) is 6.95. The van der Waals surface area contributed by atoms with Crippen molar-refractivity contribution in [1.29, 1.82) is 0 Å². The Morgan fingerprint density at radius 3 is 2.73 bits per heavy atom. The number of carboxylic acids is 1. The molecule has 7 nitrogen and oxygen atoms in total. The van der Waals surface area contributed by atoms with E-state index in [9.17, 15) is 18.0 Å². The molecule has 1 aromatic rings. The van der Waals surface area contributed by atoms with Crippen LogP contribution in [0.1, 0.15) is 30.3 Å². The Morgan fingerprint density at radius 1 is 1.50 bits per heavy atom. The lowest BCUT2D eigenvalue weighted by atomic mass is 10.0. The third kappa shape index (κ3) is 4.92. The molecule has 3 atom stereocenters. The summed E-state index contributed by atoms with van der Waals surface area (Å²) in [4.78, 5) is 27.4. The minimum absolute atomic E-state index is 0.00196. The number of carboxylic acid groups (broad SMARTS) is 1. The molecule has 2 aliphatic rings. The van der Waals surface area contributed by atoms with E-state index >= 15 is 0 Å². The molecule has 1 aromatic heterocycles. The summed E-state index contributed by atoms with van der Waals surface area (Å²) < 4.78 is 43.3. The quantitative estimate of drug-likeness (QED) is 0.843. The molecule has 146 valence electrons. The summed E-state index contributed by atoms with van der Waals surface area (Å²) in [5.74, 6) is -2.75. The standard InChI is InChI=1S/C13H18N2O3S.C2HF3O2/c1-2-17-11-6-15(10-4-3-5-18-12(10)11)13(16)9-7-19-8-14-9;3-2(4,5)1(6)7/h7-8,10-12H,2-6H2,1H3;(H,6,7)/t10-,11-,12+;/m1./s1. The molecule has 2 saturated heterocycles. The van der Waals surface area contributed by atoms with Gasteiger partial charge < -0.3 is 19.5 Å². The Morgan fingerprint density at radius 2 is 2.19 bits per heavy atom. The average molecular weight is 396 g/mol. The maximum Gasteiger partial charge on any atom is 0.490 e. The SMILES string of the molecule is CCO[C@@H]1CN(C(=O)c2cscn2)[C@@H]2CCCO[C@@H]21.O=C(O)C(F)(F)F. The van der Waals surface area contributed by atoms with E-state index in [1.165, 1.54) is 11.3 Å². The fraction of sp³-hybridized carbons (Fsp3) is 0.667. The van der Waals surface area contributed by atoms with Crippen LogP contribution in [0.2, 0.25) is 0 Å². The van der Waals surface area contributed by atoms with Crippen LogP contribution < -0.4 is 0 Å². The number of hydrogen-bond donors (Lipinski definition) is 1. The van der Waals surface area contributed by atoms with Crippen LogP contribution in [0.5, 0.6) is 0 Å². The fourth-order valence-corrected chi connectivity index (χ4v) is 3.49. The summed E-state index contributed by atoms with van der Waals surface area (Å²) in [6, 6.07) is 0.138. The molecule has 2 fully saturated rings. The van der Waals surface area contributed by atoms with Gasteiger partial charge in [0.05, 0.1) is 18.1 Å². The van der Waals surface area contributed by atoms with Crippen molar-refractivity contribution in [3.8, 4) is 0 Å². The molecule has 0 aromatic carbocycles. The largest absolute Gasteiger partial charge is 0.490 e. The number of carbonyl (C=O) groups is 2. The van der Waals surface area contributed by atoms with Crippen molar-refractivity contribution < 1.29 is 37.3 Å². The van der Waals surface area contributed by atoms with Gasteiger partial charge in [0, 0.05) is 18.6 Å². The van der Waals surface area contributed by atoms with E-state index in [1.54, 1.807) is 10.9 Å². The lowest BCUT2D eigenvalue weighted by Crippen LogP contribution is -2.44. The zero-order valence-corrected chi connectivity index (χ0v) is 14.8. The summed E-state index contributed by atoms with van der Waals surface area (Å²) >= 11 is 1.45. The second-order valence-corrected chi connectivity index (χ2v) is 6.39. The smallest absolute Gasteiger partial charge is 0.475 e. The highest BCUT2D eigenvalue weighted by Crippen LogP contribution is 2.31. The first-order chi connectivity index (χ1) is 12.3. The number of rotatable bonds is 3. The molecule has 0 radical (unpaired) electrons. The highest BCUT2D eigenvalue weighted by molar-refractivity contribution is 7.07. The molecule has 3 rings (SSSR count). The lowest BCUT2D eigenvalue weighted by Gasteiger charge is -2.31. The zero-order chi connectivity index (χ0) is 19.3. The van der Waals surface area contributed by atoms with Crippen LogP contribution in [0.15, 0.2) is 10.9 Å². The van der Waals surface area contributed by atoms with Crippen LogP contribution in [0.4, 0.5) is 13.2 Å². The molecular formula is C15H19F3N2O5S. The molecule has 0 unspecified atom stereocenters. The van der Waals surface area contributed by atoms with E-state index in [1.807, 2.05) is 11.8 Å². The van der Waals surface area contributed by atoms with Crippen LogP contribution >= 0.6 is 11.3 Å². The first-order valence-corrected chi connectivity index (χ1v) is 8.92. The fourth-order valence-electron chi connectivity index (χ4n) is 2.97. The minimum Gasteiger partial charge on any atom is -0.475 e. The highest BCUT2D eigenvalue weighted by Gasteiger charge is 2.46. The van der Waals surface area contributed by atoms with E-state index in [0.717, 1.165) is 19.4 Å². The topological polar surface area (TPSA) is 89.0 Å². The Hall–Kier alpha value is -1.72. The van der Waals surface area contributed by atoms with Gasteiger partial charge in [-0.05, 0) is 19.8 Å². The predicted octanol–water partition coefficient (Wildman–Crippen LogP) is 2.18. The first kappa shape index (κ1) is 20.6. The van der Waals surface area contributed by atoms with E-state index < -0.39 is 12.1 Å². The number of nitrogens with zero attached hydrogens (tertiary/aromatic N) is 2. The maximum atomic E-state index is 12.5. The third-order valence-electron chi connectivity index (χ3n) is 4.01. The average Bonchev–Trinajstić information content (AvgIpc) is 3.23. The van der Waals surface area contributed by atoms with Crippen LogP contribution in [-0.2, 0) is 14.3 Å². The normalized spacial score (nSPS) is 25.2. The zero-order valence-electron chi connectivity index (χ0n) is 13.9. The van der Waals surface area contributed by atoms with Crippen LogP contribution in [0.25, 0.3) is 0 Å². The maximum absolute atomic E-state index is 12.5. The summed E-state index contributed by atoms with van der Waals surface area (Å²) in [6.07, 6.45) is -3.07. The molecular weight excluding hydrogens is 377 g/mol. The van der Waals surface area contributed by atoms with Crippen molar-refractivity contribution >= 4 is 23.2 Å². The van der Waals surface area contributed by atoms with Gasteiger partial charge in [-0.3, -0.25) is 4.79 Å². The van der Waals surface area contributed by atoms with Gasteiger partial charge in [0.1, 0.15) is 17.9 Å². The summed E-state index contributed by atoms with van der Waals surface area (Å²) in [5, 5.41) is 8.93. The second kappa shape index (κ2) is 8.78. The van der Waals surface area contributed by atoms with Gasteiger partial charge in [-0.15, -0.1) is 11.3 Å². The van der Waals surface area contributed by atoms with Gasteiger partial charge in [-0.2, -0.15) is 13.2 Å². The van der Waals surface area contributed by atoms with E-state index in [-0.39, 0.29) is 24.2 Å².